The molecule has 0 amide bonds. The summed E-state index contributed by atoms with van der Waals surface area (Å²) in [7, 11) is -3.21. The highest BCUT2D eigenvalue weighted by Crippen LogP contribution is 2.44. The number of hydrogen-bond acceptors (Lipinski definition) is 3. The van der Waals surface area contributed by atoms with Crippen LogP contribution >= 0.6 is 7.37 Å². The SMILES string of the molecule is C/C(=N\OP(=O)(c1ccccc1)c1ccccc1)C(C)C. The van der Waals surface area contributed by atoms with Crippen molar-refractivity contribution in [1.29, 1.82) is 0 Å². The van der Waals surface area contributed by atoms with Crippen molar-refractivity contribution in [3.63, 3.8) is 0 Å². The lowest BCUT2D eigenvalue weighted by molar-refractivity contribution is 0.346. The summed E-state index contributed by atoms with van der Waals surface area (Å²) < 4.78 is 19.0. The van der Waals surface area contributed by atoms with Crippen LogP contribution in [0.15, 0.2) is 65.8 Å². The zero-order chi connectivity index (χ0) is 15.3. The third kappa shape index (κ3) is 3.62. The molecule has 0 atom stereocenters. The van der Waals surface area contributed by atoms with E-state index in [1.54, 1.807) is 0 Å². The summed E-state index contributed by atoms with van der Waals surface area (Å²) in [5, 5.41) is 5.40. The topological polar surface area (TPSA) is 38.7 Å². The lowest BCUT2D eigenvalue weighted by Crippen LogP contribution is -2.17. The molecule has 0 heterocycles. The van der Waals surface area contributed by atoms with Gasteiger partial charge in [0.05, 0.1) is 16.3 Å². The molecule has 0 saturated heterocycles. The molecular formula is C17H20NO2P. The van der Waals surface area contributed by atoms with Gasteiger partial charge in [-0.15, -0.1) is 0 Å². The highest BCUT2D eigenvalue weighted by Gasteiger charge is 2.30. The van der Waals surface area contributed by atoms with Gasteiger partial charge >= 0.3 is 7.37 Å². The highest BCUT2D eigenvalue weighted by molar-refractivity contribution is 7.74. The standard InChI is InChI=1S/C17H20NO2P/c1-14(2)15(3)18-20-21(19,16-10-6-4-7-11-16)17-12-8-5-9-13-17/h4-14H,1-3H3/b18-15+. The molecule has 0 aromatic heterocycles. The number of oxime groups is 1. The fraction of sp³-hybridized carbons (Fsp3) is 0.235. The molecule has 0 aliphatic heterocycles. The van der Waals surface area contributed by atoms with Crippen LogP contribution in [0.5, 0.6) is 0 Å². The Kier molecular flexibility index (Phi) is 4.98. The van der Waals surface area contributed by atoms with Crippen molar-refractivity contribution in [2.75, 3.05) is 0 Å². The van der Waals surface area contributed by atoms with Crippen LogP contribution < -0.4 is 10.6 Å². The molecule has 110 valence electrons. The molecule has 0 aliphatic carbocycles. The minimum atomic E-state index is -3.21. The third-order valence-corrected chi connectivity index (χ3v) is 5.60. The average molecular weight is 301 g/mol. The second kappa shape index (κ2) is 6.73. The zero-order valence-electron chi connectivity index (χ0n) is 12.6. The molecule has 0 aliphatic rings. The molecule has 0 bridgehead atoms. The maximum atomic E-state index is 13.4. The first kappa shape index (κ1) is 15.5. The van der Waals surface area contributed by atoms with Gasteiger partial charge in [0, 0.05) is 0 Å². The van der Waals surface area contributed by atoms with Crippen LogP contribution in [0.1, 0.15) is 20.8 Å². The molecule has 0 saturated carbocycles. The maximum absolute atomic E-state index is 13.4. The summed E-state index contributed by atoms with van der Waals surface area (Å²) in [4.78, 5) is 0. The molecule has 21 heavy (non-hydrogen) atoms. The van der Waals surface area contributed by atoms with Crippen LogP contribution in [-0.2, 0) is 9.19 Å². The summed E-state index contributed by atoms with van der Waals surface area (Å²) in [6, 6.07) is 18.5. The summed E-state index contributed by atoms with van der Waals surface area (Å²) in [6.07, 6.45) is 0. The average Bonchev–Trinajstić information content (AvgIpc) is 2.53. The first-order valence-corrected chi connectivity index (χ1v) is 8.61. The Balaban J connectivity index is 2.46. The second-order valence-corrected chi connectivity index (χ2v) is 7.49. The molecular weight excluding hydrogens is 281 g/mol. The lowest BCUT2D eigenvalue weighted by atomic mass is 10.1. The summed E-state index contributed by atoms with van der Waals surface area (Å²) in [5.41, 5.74) is 0.821. The summed E-state index contributed by atoms with van der Waals surface area (Å²) in [5.74, 6) is 0.255. The van der Waals surface area contributed by atoms with Crippen molar-refractivity contribution in [1.82, 2.24) is 0 Å². The van der Waals surface area contributed by atoms with E-state index in [1.165, 1.54) is 0 Å². The fourth-order valence-corrected chi connectivity index (χ4v) is 3.58. The maximum Gasteiger partial charge on any atom is 0.330 e. The van der Waals surface area contributed by atoms with Gasteiger partial charge in [-0.05, 0) is 37.1 Å². The van der Waals surface area contributed by atoms with Gasteiger partial charge < -0.3 is 4.62 Å². The predicted octanol–water partition coefficient (Wildman–Crippen LogP) is 3.96. The van der Waals surface area contributed by atoms with E-state index in [-0.39, 0.29) is 5.92 Å². The molecule has 0 spiro atoms. The molecule has 3 nitrogen and oxygen atoms in total. The minimum absolute atomic E-state index is 0.255. The Labute approximate surface area is 126 Å². The number of hydrogen-bond donors (Lipinski definition) is 0. The summed E-state index contributed by atoms with van der Waals surface area (Å²) in [6.45, 7) is 5.93. The third-order valence-electron chi connectivity index (χ3n) is 3.33. The molecule has 2 aromatic rings. The number of nitrogens with zero attached hydrogens (tertiary/aromatic N) is 1. The van der Waals surface area contributed by atoms with Gasteiger partial charge in [-0.3, -0.25) is 4.57 Å². The second-order valence-electron chi connectivity index (χ2n) is 5.19. The van der Waals surface area contributed by atoms with Gasteiger partial charge in [0.25, 0.3) is 0 Å². The first-order valence-electron chi connectivity index (χ1n) is 6.98. The monoisotopic (exact) mass is 301 g/mol. The Hall–Kier alpha value is -1.86. The van der Waals surface area contributed by atoms with Crippen LogP contribution in [-0.4, -0.2) is 5.71 Å². The van der Waals surface area contributed by atoms with Crippen molar-refractivity contribution < 1.29 is 9.19 Å². The van der Waals surface area contributed by atoms with E-state index in [9.17, 15) is 4.57 Å². The van der Waals surface area contributed by atoms with Gasteiger partial charge in [0.15, 0.2) is 0 Å². The van der Waals surface area contributed by atoms with Crippen molar-refractivity contribution >= 4 is 23.7 Å². The quantitative estimate of drug-likeness (QED) is 0.476. The van der Waals surface area contributed by atoms with Crippen molar-refractivity contribution in [2.24, 2.45) is 11.1 Å². The molecule has 0 fully saturated rings. The zero-order valence-corrected chi connectivity index (χ0v) is 13.5. The van der Waals surface area contributed by atoms with Crippen molar-refractivity contribution in [3.8, 4) is 0 Å². The molecule has 0 N–H and O–H groups in total. The number of benzene rings is 2. The van der Waals surface area contributed by atoms with Crippen molar-refractivity contribution in [3.05, 3.63) is 60.7 Å². The Morgan fingerprint density at radius 3 is 1.76 bits per heavy atom. The van der Waals surface area contributed by atoms with E-state index in [0.717, 1.165) is 5.71 Å². The van der Waals surface area contributed by atoms with Gasteiger partial charge in [0.2, 0.25) is 0 Å². The normalized spacial score (nSPS) is 12.5. The van der Waals surface area contributed by atoms with Gasteiger partial charge in [-0.1, -0.05) is 55.4 Å². The predicted molar refractivity (Wildman–Crippen MR) is 88.8 cm³/mol. The van der Waals surface area contributed by atoms with Crippen molar-refractivity contribution in [2.45, 2.75) is 20.8 Å². The van der Waals surface area contributed by atoms with E-state index < -0.39 is 7.37 Å². The Bertz CT molecular complexity index is 608. The molecule has 2 aromatic carbocycles. The van der Waals surface area contributed by atoms with Gasteiger partial charge in [-0.2, -0.15) is 0 Å². The van der Waals surface area contributed by atoms with E-state index in [0.29, 0.717) is 10.6 Å². The highest BCUT2D eigenvalue weighted by atomic mass is 31.2. The molecule has 0 radical (unpaired) electrons. The molecule has 2 rings (SSSR count). The molecule has 4 heteroatoms. The first-order chi connectivity index (χ1) is 10.0. The fourth-order valence-electron chi connectivity index (χ4n) is 1.72. The van der Waals surface area contributed by atoms with E-state index in [1.807, 2.05) is 81.4 Å². The Morgan fingerprint density at radius 2 is 1.38 bits per heavy atom. The van der Waals surface area contributed by atoms with Crippen LogP contribution in [0.3, 0.4) is 0 Å². The lowest BCUT2D eigenvalue weighted by Gasteiger charge is -2.17. The molecule has 0 unspecified atom stereocenters. The minimum Gasteiger partial charge on any atom is -0.330 e. The van der Waals surface area contributed by atoms with Gasteiger partial charge in [0.1, 0.15) is 0 Å². The van der Waals surface area contributed by atoms with E-state index in [2.05, 4.69) is 5.16 Å². The largest absolute Gasteiger partial charge is 0.330 e. The van der Waals surface area contributed by atoms with Crippen LogP contribution in [0.2, 0.25) is 0 Å². The number of rotatable bonds is 5. The van der Waals surface area contributed by atoms with Gasteiger partial charge in [-0.25, -0.2) is 0 Å². The van der Waals surface area contributed by atoms with Crippen LogP contribution in [0.25, 0.3) is 0 Å². The van der Waals surface area contributed by atoms with Crippen LogP contribution in [0.4, 0.5) is 0 Å². The smallest absolute Gasteiger partial charge is 0.330 e. The summed E-state index contributed by atoms with van der Waals surface area (Å²) >= 11 is 0. The van der Waals surface area contributed by atoms with E-state index in [4.69, 9.17) is 4.62 Å². The van der Waals surface area contributed by atoms with E-state index >= 15 is 0 Å². The van der Waals surface area contributed by atoms with Crippen LogP contribution in [0, 0.1) is 5.92 Å². The Morgan fingerprint density at radius 1 is 0.952 bits per heavy atom.